The first-order valence-electron chi connectivity index (χ1n) is 11.6. The zero-order valence-corrected chi connectivity index (χ0v) is 19.5. The van der Waals surface area contributed by atoms with E-state index in [2.05, 4.69) is 5.32 Å². The third-order valence-corrected chi connectivity index (χ3v) is 6.75. The van der Waals surface area contributed by atoms with Gasteiger partial charge in [-0.1, -0.05) is 13.8 Å². The summed E-state index contributed by atoms with van der Waals surface area (Å²) in [5, 5.41) is 14.4. The molecule has 0 fully saturated rings. The lowest BCUT2D eigenvalue weighted by Crippen LogP contribution is -2.44. The number of nitrogens with two attached hydrogens (primary N) is 1. The maximum atomic E-state index is 13.4. The number of hydrogen-bond acceptors (Lipinski definition) is 8. The van der Waals surface area contributed by atoms with E-state index in [0.717, 1.165) is 16.5 Å². The van der Waals surface area contributed by atoms with E-state index in [4.69, 9.17) is 20.2 Å². The van der Waals surface area contributed by atoms with Crippen molar-refractivity contribution in [3.8, 4) is 17.1 Å². The molecule has 1 aromatic carbocycles. The second-order valence-electron chi connectivity index (χ2n) is 8.66. The third-order valence-electron chi connectivity index (χ3n) is 6.75. The van der Waals surface area contributed by atoms with Crippen LogP contribution in [0.5, 0.6) is 5.75 Å². The average molecular weight is 479 g/mol. The highest BCUT2D eigenvalue weighted by Gasteiger charge is 2.45. The Hall–Kier alpha value is -3.76. The predicted molar refractivity (Wildman–Crippen MR) is 127 cm³/mol. The van der Waals surface area contributed by atoms with Crippen LogP contribution in [0.3, 0.4) is 0 Å². The second kappa shape index (κ2) is 8.47. The number of aromatic nitrogens is 2. The van der Waals surface area contributed by atoms with Crippen LogP contribution in [0.25, 0.3) is 22.3 Å². The molecule has 0 radical (unpaired) electrons. The summed E-state index contributed by atoms with van der Waals surface area (Å²) < 4.78 is 12.1. The Morgan fingerprint density at radius 3 is 2.80 bits per heavy atom. The molecular formula is C25H26N4O6. The first-order chi connectivity index (χ1) is 16.8. The fraction of sp³-hybridized carbons (Fsp3) is 0.360. The summed E-state index contributed by atoms with van der Waals surface area (Å²) in [6.07, 6.45) is 0.154. The zero-order valence-electron chi connectivity index (χ0n) is 19.5. The van der Waals surface area contributed by atoms with Crippen LogP contribution in [0.2, 0.25) is 0 Å². The van der Waals surface area contributed by atoms with Gasteiger partial charge in [0.05, 0.1) is 29.0 Å². The molecule has 1 amide bonds. The van der Waals surface area contributed by atoms with Crippen molar-refractivity contribution in [3.05, 3.63) is 56.9 Å². The van der Waals surface area contributed by atoms with Crippen LogP contribution in [0, 0.1) is 0 Å². The molecule has 4 heterocycles. The monoisotopic (exact) mass is 478 g/mol. The molecule has 0 unspecified atom stereocenters. The quantitative estimate of drug-likeness (QED) is 0.367. The minimum atomic E-state index is -1.87. The topological polar surface area (TPSA) is 146 Å². The van der Waals surface area contributed by atoms with Crippen molar-refractivity contribution in [2.24, 2.45) is 5.73 Å². The van der Waals surface area contributed by atoms with Crippen LogP contribution in [-0.2, 0) is 34.7 Å². The number of benzene rings is 1. The Labute approximate surface area is 200 Å². The Morgan fingerprint density at radius 2 is 2.09 bits per heavy atom. The van der Waals surface area contributed by atoms with Crippen molar-refractivity contribution in [2.75, 3.05) is 13.1 Å². The standard InChI is InChI=1S/C25H26N4O6/c1-3-14-15-9-13(35-24(32)27-8-7-26)5-6-19(15)28-21-16(14)11-29-20(21)10-18-17(22(29)30)12-34-23(31)25(18,33)4-2/h5-6,9-10,33H,3-4,7-8,11-12,26H2,1-2H3,(H,27,32)/t25-/m0/s1. The van der Waals surface area contributed by atoms with Gasteiger partial charge >= 0.3 is 12.1 Å². The molecule has 0 bridgehead atoms. The normalized spacial score (nSPS) is 18.0. The van der Waals surface area contributed by atoms with Gasteiger partial charge in [-0.15, -0.1) is 0 Å². The highest BCUT2D eigenvalue weighted by molar-refractivity contribution is 5.90. The fourth-order valence-corrected chi connectivity index (χ4v) is 4.93. The van der Waals surface area contributed by atoms with Crippen molar-refractivity contribution in [1.29, 1.82) is 0 Å². The summed E-state index contributed by atoms with van der Waals surface area (Å²) in [4.78, 5) is 42.6. The Bertz CT molecular complexity index is 1450. The molecule has 1 atom stereocenters. The van der Waals surface area contributed by atoms with Crippen molar-refractivity contribution < 1.29 is 24.2 Å². The molecule has 35 heavy (non-hydrogen) atoms. The number of amides is 1. The van der Waals surface area contributed by atoms with Crippen LogP contribution in [0.1, 0.15) is 42.5 Å². The highest BCUT2D eigenvalue weighted by atomic mass is 16.6. The van der Waals surface area contributed by atoms with Gasteiger partial charge in [0.15, 0.2) is 5.60 Å². The maximum absolute atomic E-state index is 13.4. The number of aliphatic hydroxyl groups is 1. The molecule has 2 aliphatic heterocycles. The molecule has 10 heteroatoms. The molecule has 182 valence electrons. The summed E-state index contributed by atoms with van der Waals surface area (Å²) in [5.74, 6) is -0.380. The number of esters is 1. The van der Waals surface area contributed by atoms with Crippen molar-refractivity contribution >= 4 is 23.0 Å². The van der Waals surface area contributed by atoms with E-state index in [9.17, 15) is 19.5 Å². The smallest absolute Gasteiger partial charge is 0.412 e. The Balaban J connectivity index is 1.65. The number of fused-ring (bicyclic) bond motifs is 5. The van der Waals surface area contributed by atoms with Gasteiger partial charge < -0.3 is 30.2 Å². The maximum Gasteiger partial charge on any atom is 0.412 e. The van der Waals surface area contributed by atoms with Gasteiger partial charge in [0.25, 0.3) is 5.56 Å². The number of hydrogen-bond donors (Lipinski definition) is 3. The van der Waals surface area contributed by atoms with Crippen LogP contribution in [0.4, 0.5) is 4.79 Å². The minimum absolute atomic E-state index is 0.0849. The summed E-state index contributed by atoms with van der Waals surface area (Å²) >= 11 is 0. The summed E-state index contributed by atoms with van der Waals surface area (Å²) in [6.45, 7) is 4.44. The largest absolute Gasteiger partial charge is 0.458 e. The lowest BCUT2D eigenvalue weighted by Gasteiger charge is -2.31. The molecular weight excluding hydrogens is 452 g/mol. The molecule has 0 aliphatic carbocycles. The van der Waals surface area contributed by atoms with Gasteiger partial charge in [0.1, 0.15) is 12.4 Å². The highest BCUT2D eigenvalue weighted by Crippen LogP contribution is 2.40. The van der Waals surface area contributed by atoms with Crippen LogP contribution in [-0.4, -0.2) is 39.8 Å². The van der Waals surface area contributed by atoms with Gasteiger partial charge in [0, 0.05) is 29.6 Å². The first-order valence-corrected chi connectivity index (χ1v) is 11.6. The summed E-state index contributed by atoms with van der Waals surface area (Å²) in [6, 6.07) is 6.88. The van der Waals surface area contributed by atoms with Gasteiger partial charge in [0.2, 0.25) is 0 Å². The van der Waals surface area contributed by atoms with E-state index in [1.54, 1.807) is 35.8 Å². The van der Waals surface area contributed by atoms with Crippen LogP contribution < -0.4 is 21.3 Å². The first kappa shape index (κ1) is 23.0. The number of pyridine rings is 2. The van der Waals surface area contributed by atoms with Crippen molar-refractivity contribution in [2.45, 2.75) is 45.4 Å². The molecule has 10 nitrogen and oxygen atoms in total. The SMILES string of the molecule is CCc1c2c(nc3ccc(OC(=O)NCCN)cc13)-c1cc3c(c(=O)n1C2)COC(=O)[C@]3(O)CC. The molecule has 0 spiro atoms. The molecule has 0 saturated carbocycles. The number of carbonyl (C=O) groups is 2. The third kappa shape index (κ3) is 3.48. The van der Waals surface area contributed by atoms with Crippen molar-refractivity contribution in [3.63, 3.8) is 0 Å². The molecule has 4 N–H and O–H groups in total. The van der Waals surface area contributed by atoms with Gasteiger partial charge in [-0.25, -0.2) is 14.6 Å². The molecule has 0 saturated heterocycles. The molecule has 5 rings (SSSR count). The number of carbonyl (C=O) groups excluding carboxylic acids is 2. The predicted octanol–water partition coefficient (Wildman–Crippen LogP) is 1.69. The van der Waals surface area contributed by atoms with E-state index >= 15 is 0 Å². The minimum Gasteiger partial charge on any atom is -0.458 e. The van der Waals surface area contributed by atoms with E-state index < -0.39 is 17.7 Å². The van der Waals surface area contributed by atoms with Crippen molar-refractivity contribution in [1.82, 2.24) is 14.9 Å². The summed E-state index contributed by atoms with van der Waals surface area (Å²) in [5.41, 5.74) is 7.55. The number of rotatable bonds is 5. The van der Waals surface area contributed by atoms with Gasteiger partial charge in [-0.2, -0.15) is 0 Å². The Morgan fingerprint density at radius 1 is 1.29 bits per heavy atom. The number of nitrogens with zero attached hydrogens (tertiary/aromatic N) is 2. The lowest BCUT2D eigenvalue weighted by atomic mass is 9.86. The number of cyclic esters (lactones) is 1. The molecule has 3 aromatic rings. The molecule has 2 aromatic heterocycles. The Kier molecular flexibility index (Phi) is 5.57. The lowest BCUT2D eigenvalue weighted by molar-refractivity contribution is -0.172. The zero-order chi connectivity index (χ0) is 24.9. The van der Waals surface area contributed by atoms with E-state index in [-0.39, 0.29) is 29.7 Å². The van der Waals surface area contributed by atoms with Gasteiger partial charge in [-0.3, -0.25) is 4.79 Å². The number of ether oxygens (including phenoxy) is 2. The van der Waals surface area contributed by atoms with E-state index in [0.29, 0.717) is 48.7 Å². The second-order valence-corrected chi connectivity index (χ2v) is 8.66. The number of aryl methyl sites for hydroxylation is 1. The fourth-order valence-electron chi connectivity index (χ4n) is 4.93. The van der Waals surface area contributed by atoms with E-state index in [1.807, 2.05) is 6.92 Å². The molecule has 2 aliphatic rings. The summed E-state index contributed by atoms with van der Waals surface area (Å²) in [7, 11) is 0. The van der Waals surface area contributed by atoms with Crippen LogP contribution >= 0.6 is 0 Å². The van der Waals surface area contributed by atoms with Crippen LogP contribution in [0.15, 0.2) is 29.1 Å². The van der Waals surface area contributed by atoms with E-state index in [1.165, 1.54) is 0 Å². The average Bonchev–Trinajstić information content (AvgIpc) is 3.22. The van der Waals surface area contributed by atoms with Gasteiger partial charge in [-0.05, 0) is 42.7 Å². The number of nitrogens with one attached hydrogen (secondary N) is 1.